The Balaban J connectivity index is 1.18. The zero-order chi connectivity index (χ0) is 25.5. The quantitative estimate of drug-likeness (QED) is 0.505. The lowest BCUT2D eigenvalue weighted by atomic mass is 9.96. The molecule has 5 rings (SSSR count). The summed E-state index contributed by atoms with van der Waals surface area (Å²) in [6.45, 7) is 2.16. The van der Waals surface area contributed by atoms with Crippen molar-refractivity contribution < 1.29 is 26.4 Å². The maximum absolute atomic E-state index is 13.2. The molecule has 0 atom stereocenters. The normalized spacial score (nSPS) is 18.6. The molecule has 13 heteroatoms. The van der Waals surface area contributed by atoms with Crippen molar-refractivity contribution >= 4 is 44.4 Å². The van der Waals surface area contributed by atoms with E-state index in [1.165, 1.54) is 16.4 Å². The highest BCUT2D eigenvalue weighted by molar-refractivity contribution is 7.89. The number of hydrogen-bond donors (Lipinski definition) is 0. The van der Waals surface area contributed by atoms with Gasteiger partial charge in [-0.25, -0.2) is 8.42 Å². The topological polar surface area (TPSA) is 86.7 Å². The molecule has 192 valence electrons. The Labute approximate surface area is 210 Å². The molecule has 1 aromatic heterocycles. The van der Waals surface area contributed by atoms with Gasteiger partial charge < -0.3 is 9.80 Å². The highest BCUT2D eigenvalue weighted by Crippen LogP contribution is 2.32. The summed E-state index contributed by atoms with van der Waals surface area (Å²) in [7, 11) is -3.76. The number of rotatable bonds is 4. The minimum atomic E-state index is -4.40. The van der Waals surface area contributed by atoms with Crippen LogP contribution < -0.4 is 4.90 Å². The van der Waals surface area contributed by atoms with Crippen LogP contribution in [-0.2, 0) is 21.0 Å². The standard InChI is InChI=1S/C23H24F3N5O3S2/c24-23(25,26)17-3-1-4-18(15-17)29-11-13-30(14-12-29)22(32)16-7-9-31(10-8-16)36(33,34)20-6-2-5-19-21(20)28-35-27-19/h1-6,15-16H,7-14H2. The van der Waals surface area contributed by atoms with Gasteiger partial charge in [-0.2, -0.15) is 26.2 Å². The van der Waals surface area contributed by atoms with Crippen LogP contribution in [0.4, 0.5) is 18.9 Å². The number of piperidine rings is 1. The molecule has 2 aliphatic heterocycles. The Kier molecular flexibility index (Phi) is 6.64. The molecule has 0 radical (unpaired) electrons. The van der Waals surface area contributed by atoms with Crippen molar-refractivity contribution in [2.24, 2.45) is 5.92 Å². The van der Waals surface area contributed by atoms with Crippen LogP contribution in [0.25, 0.3) is 11.0 Å². The lowest BCUT2D eigenvalue weighted by Crippen LogP contribution is -2.52. The lowest BCUT2D eigenvalue weighted by Gasteiger charge is -2.39. The summed E-state index contributed by atoms with van der Waals surface area (Å²) in [6, 6.07) is 10.1. The molecule has 2 aromatic carbocycles. The zero-order valence-electron chi connectivity index (χ0n) is 19.2. The van der Waals surface area contributed by atoms with Gasteiger partial charge in [0.05, 0.1) is 17.3 Å². The molecule has 2 fully saturated rings. The second kappa shape index (κ2) is 9.60. The fourth-order valence-corrected chi connectivity index (χ4v) is 7.02. The van der Waals surface area contributed by atoms with Crippen molar-refractivity contribution in [3.05, 3.63) is 48.0 Å². The number of halogens is 3. The third-order valence-electron chi connectivity index (χ3n) is 6.80. The third kappa shape index (κ3) is 4.78. The van der Waals surface area contributed by atoms with Crippen LogP contribution in [0.15, 0.2) is 47.4 Å². The zero-order valence-corrected chi connectivity index (χ0v) is 20.8. The molecule has 1 amide bonds. The molecule has 3 aromatic rings. The molecule has 2 aliphatic rings. The average molecular weight is 540 g/mol. The Bertz CT molecular complexity index is 1360. The van der Waals surface area contributed by atoms with E-state index in [2.05, 4.69) is 8.75 Å². The Morgan fingerprint density at radius 3 is 2.33 bits per heavy atom. The van der Waals surface area contributed by atoms with Crippen LogP contribution in [-0.4, -0.2) is 71.5 Å². The first-order valence-electron chi connectivity index (χ1n) is 11.6. The Morgan fingerprint density at radius 2 is 1.64 bits per heavy atom. The van der Waals surface area contributed by atoms with E-state index in [0.717, 1.165) is 23.9 Å². The van der Waals surface area contributed by atoms with E-state index >= 15 is 0 Å². The second-order valence-electron chi connectivity index (χ2n) is 8.93. The summed E-state index contributed by atoms with van der Waals surface area (Å²) in [6.07, 6.45) is -3.58. The molecule has 2 saturated heterocycles. The van der Waals surface area contributed by atoms with Gasteiger partial charge in [-0.05, 0) is 43.2 Å². The number of fused-ring (bicyclic) bond motifs is 1. The van der Waals surface area contributed by atoms with Crippen molar-refractivity contribution in [1.29, 1.82) is 0 Å². The van der Waals surface area contributed by atoms with E-state index in [9.17, 15) is 26.4 Å². The minimum absolute atomic E-state index is 0.0263. The van der Waals surface area contributed by atoms with Gasteiger partial charge in [0.1, 0.15) is 15.9 Å². The fourth-order valence-electron chi connectivity index (χ4n) is 4.79. The molecule has 36 heavy (non-hydrogen) atoms. The number of benzene rings is 2. The van der Waals surface area contributed by atoms with Gasteiger partial charge in [0, 0.05) is 50.9 Å². The number of hydrogen-bond acceptors (Lipinski definition) is 7. The lowest BCUT2D eigenvalue weighted by molar-refractivity contribution is -0.137. The summed E-state index contributed by atoms with van der Waals surface area (Å²) >= 11 is 0.964. The van der Waals surface area contributed by atoms with E-state index in [-0.39, 0.29) is 29.8 Å². The van der Waals surface area contributed by atoms with Gasteiger partial charge in [0.25, 0.3) is 0 Å². The smallest absolute Gasteiger partial charge is 0.368 e. The fraction of sp³-hybridized carbons (Fsp3) is 0.435. The van der Waals surface area contributed by atoms with Crippen LogP contribution >= 0.6 is 11.7 Å². The van der Waals surface area contributed by atoms with Gasteiger partial charge in [-0.15, -0.1) is 0 Å². The predicted octanol–water partition coefficient (Wildman–Crippen LogP) is 3.46. The number of anilines is 1. The van der Waals surface area contributed by atoms with Gasteiger partial charge in [-0.3, -0.25) is 4.79 Å². The number of carbonyl (C=O) groups excluding carboxylic acids is 1. The first-order chi connectivity index (χ1) is 17.1. The largest absolute Gasteiger partial charge is 0.416 e. The van der Waals surface area contributed by atoms with Crippen LogP contribution in [0.3, 0.4) is 0 Å². The Hall–Kier alpha value is -2.77. The van der Waals surface area contributed by atoms with E-state index in [4.69, 9.17) is 0 Å². The number of nitrogens with zero attached hydrogens (tertiary/aromatic N) is 5. The van der Waals surface area contributed by atoms with E-state index in [1.54, 1.807) is 23.1 Å². The van der Waals surface area contributed by atoms with Crippen molar-refractivity contribution in [2.75, 3.05) is 44.2 Å². The number of piperazine rings is 1. The van der Waals surface area contributed by atoms with Gasteiger partial charge in [0.15, 0.2) is 0 Å². The van der Waals surface area contributed by atoms with Gasteiger partial charge in [-0.1, -0.05) is 12.1 Å². The summed E-state index contributed by atoms with van der Waals surface area (Å²) < 4.78 is 75.2. The maximum Gasteiger partial charge on any atom is 0.416 e. The molecule has 0 saturated carbocycles. The highest BCUT2D eigenvalue weighted by atomic mass is 32.2. The molecular formula is C23H24F3N5O3S2. The van der Waals surface area contributed by atoms with E-state index < -0.39 is 21.8 Å². The number of carbonyl (C=O) groups is 1. The first-order valence-corrected chi connectivity index (χ1v) is 13.7. The van der Waals surface area contributed by atoms with Gasteiger partial charge >= 0.3 is 6.18 Å². The minimum Gasteiger partial charge on any atom is -0.368 e. The molecule has 3 heterocycles. The summed E-state index contributed by atoms with van der Waals surface area (Å²) in [5.41, 5.74) is 0.693. The molecule has 0 unspecified atom stereocenters. The first kappa shape index (κ1) is 24.9. The van der Waals surface area contributed by atoms with Crippen LogP contribution in [0.5, 0.6) is 0 Å². The molecule has 0 spiro atoms. The maximum atomic E-state index is 13.2. The number of aromatic nitrogens is 2. The van der Waals surface area contributed by atoms with Crippen LogP contribution in [0.2, 0.25) is 0 Å². The second-order valence-corrected chi connectivity index (χ2v) is 11.4. The SMILES string of the molecule is O=C(C1CCN(S(=O)(=O)c2cccc3nsnc23)CC1)N1CCN(c2cccc(C(F)(F)F)c2)CC1. The van der Waals surface area contributed by atoms with Crippen molar-refractivity contribution in [3.8, 4) is 0 Å². The highest BCUT2D eigenvalue weighted by Gasteiger charge is 2.36. The molecule has 0 aliphatic carbocycles. The average Bonchev–Trinajstić information content (AvgIpc) is 3.37. The number of amides is 1. The van der Waals surface area contributed by atoms with E-state index in [1.807, 2.05) is 4.90 Å². The summed E-state index contributed by atoms with van der Waals surface area (Å²) in [4.78, 5) is 16.8. The Morgan fingerprint density at radius 1 is 0.944 bits per heavy atom. The predicted molar refractivity (Wildman–Crippen MR) is 129 cm³/mol. The summed E-state index contributed by atoms with van der Waals surface area (Å²) in [5, 5.41) is 0. The van der Waals surface area contributed by atoms with Crippen LogP contribution in [0.1, 0.15) is 18.4 Å². The molecular weight excluding hydrogens is 515 g/mol. The van der Waals surface area contributed by atoms with Crippen molar-refractivity contribution in [2.45, 2.75) is 23.9 Å². The van der Waals surface area contributed by atoms with E-state index in [0.29, 0.717) is 55.7 Å². The third-order valence-corrected chi connectivity index (χ3v) is 9.27. The molecule has 0 bridgehead atoms. The van der Waals surface area contributed by atoms with Crippen LogP contribution in [0, 0.1) is 5.92 Å². The van der Waals surface area contributed by atoms with Crippen molar-refractivity contribution in [1.82, 2.24) is 18.0 Å². The number of sulfonamides is 1. The molecule has 8 nitrogen and oxygen atoms in total. The summed E-state index contributed by atoms with van der Waals surface area (Å²) in [5.74, 6) is -0.310. The van der Waals surface area contributed by atoms with Crippen molar-refractivity contribution in [3.63, 3.8) is 0 Å². The number of alkyl halides is 3. The molecule has 0 N–H and O–H groups in total. The van der Waals surface area contributed by atoms with Gasteiger partial charge in [0.2, 0.25) is 15.9 Å². The monoisotopic (exact) mass is 539 g/mol.